The van der Waals surface area contributed by atoms with Crippen LogP contribution >= 0.6 is 0 Å². The van der Waals surface area contributed by atoms with Gasteiger partial charge in [-0.3, -0.25) is 0 Å². The van der Waals surface area contributed by atoms with Crippen molar-refractivity contribution >= 4 is 11.9 Å². The number of nitrogen functional groups attached to an aromatic ring is 1. The molecule has 0 bridgehead atoms. The molecule has 1 unspecified atom stereocenters. The summed E-state index contributed by atoms with van der Waals surface area (Å²) < 4.78 is 1.56. The number of nitrogens with one attached hydrogen (secondary N) is 1. The largest absolute Gasteiger partial charge is 0.368 e. The van der Waals surface area contributed by atoms with Crippen molar-refractivity contribution in [2.45, 2.75) is 19.8 Å². The Morgan fingerprint density at radius 2 is 2.26 bits per heavy atom. The minimum Gasteiger partial charge on any atom is -0.368 e. The first kappa shape index (κ1) is 11.9. The van der Waals surface area contributed by atoms with Crippen molar-refractivity contribution < 1.29 is 0 Å². The van der Waals surface area contributed by atoms with E-state index in [1.54, 1.807) is 17.1 Å². The Morgan fingerprint density at radius 1 is 1.42 bits per heavy atom. The van der Waals surface area contributed by atoms with E-state index in [2.05, 4.69) is 32.3 Å². The van der Waals surface area contributed by atoms with E-state index in [-0.39, 0.29) is 5.95 Å². The molecule has 1 aliphatic rings. The molecule has 7 nitrogen and oxygen atoms in total. The normalized spacial score (nSPS) is 16.3. The van der Waals surface area contributed by atoms with Crippen LogP contribution in [0.25, 0.3) is 5.95 Å². The number of rotatable bonds is 5. The predicted molar refractivity (Wildman–Crippen MR) is 71.7 cm³/mol. The van der Waals surface area contributed by atoms with Crippen molar-refractivity contribution in [1.82, 2.24) is 24.7 Å². The van der Waals surface area contributed by atoms with Gasteiger partial charge in [0.25, 0.3) is 5.95 Å². The third-order valence-corrected chi connectivity index (χ3v) is 3.36. The fourth-order valence-corrected chi connectivity index (χ4v) is 2.03. The first-order valence-corrected chi connectivity index (χ1v) is 6.48. The van der Waals surface area contributed by atoms with Crippen LogP contribution in [0, 0.1) is 11.8 Å². The lowest BCUT2D eigenvalue weighted by Crippen LogP contribution is -2.17. The van der Waals surface area contributed by atoms with Gasteiger partial charge in [0.2, 0.25) is 11.9 Å². The summed E-state index contributed by atoms with van der Waals surface area (Å²) >= 11 is 0. The minimum absolute atomic E-state index is 0.196. The zero-order valence-electron chi connectivity index (χ0n) is 10.8. The molecule has 0 amide bonds. The summed E-state index contributed by atoms with van der Waals surface area (Å²) in [7, 11) is 0. The Labute approximate surface area is 111 Å². The number of hydrogen-bond acceptors (Lipinski definition) is 6. The zero-order valence-corrected chi connectivity index (χ0v) is 10.8. The molecule has 3 rings (SSSR count). The zero-order chi connectivity index (χ0) is 13.2. The maximum atomic E-state index is 5.70. The van der Waals surface area contributed by atoms with Crippen LogP contribution in [0.5, 0.6) is 0 Å². The SMILES string of the molecule is CC(CNc1nc(N)nc(-n2cccn2)n1)C1CC1. The lowest BCUT2D eigenvalue weighted by atomic mass is 10.1. The Morgan fingerprint density at radius 3 is 2.95 bits per heavy atom. The number of nitrogens with two attached hydrogens (primary N) is 1. The molecule has 0 aliphatic heterocycles. The van der Waals surface area contributed by atoms with Crippen molar-refractivity contribution in [2.24, 2.45) is 11.8 Å². The molecule has 7 heteroatoms. The van der Waals surface area contributed by atoms with Crippen LogP contribution in [0.4, 0.5) is 11.9 Å². The topological polar surface area (TPSA) is 94.5 Å². The highest BCUT2D eigenvalue weighted by molar-refractivity contribution is 5.34. The Balaban J connectivity index is 1.74. The first-order valence-electron chi connectivity index (χ1n) is 6.48. The molecule has 1 fully saturated rings. The molecule has 2 aromatic rings. The van der Waals surface area contributed by atoms with Crippen molar-refractivity contribution in [2.75, 3.05) is 17.6 Å². The second kappa shape index (κ2) is 4.83. The molecule has 0 spiro atoms. The second-order valence-electron chi connectivity index (χ2n) is 4.96. The quantitative estimate of drug-likeness (QED) is 0.835. The summed E-state index contributed by atoms with van der Waals surface area (Å²) in [6, 6.07) is 1.81. The molecule has 100 valence electrons. The Hall–Kier alpha value is -2.18. The van der Waals surface area contributed by atoms with E-state index in [1.165, 1.54) is 12.8 Å². The van der Waals surface area contributed by atoms with Crippen LogP contribution in [0.2, 0.25) is 0 Å². The van der Waals surface area contributed by atoms with Gasteiger partial charge in [-0.25, -0.2) is 4.68 Å². The number of aromatic nitrogens is 5. The van der Waals surface area contributed by atoms with E-state index in [1.807, 2.05) is 6.07 Å². The second-order valence-corrected chi connectivity index (χ2v) is 4.96. The lowest BCUT2D eigenvalue weighted by molar-refractivity contribution is 0.535. The Kier molecular flexibility index (Phi) is 3.02. The predicted octanol–water partition coefficient (Wildman–Crippen LogP) is 1.10. The Bertz CT molecular complexity index is 547. The molecule has 2 heterocycles. The number of nitrogens with zero attached hydrogens (tertiary/aromatic N) is 5. The number of hydrogen-bond donors (Lipinski definition) is 2. The highest BCUT2D eigenvalue weighted by atomic mass is 15.4. The van der Waals surface area contributed by atoms with Gasteiger partial charge < -0.3 is 11.1 Å². The molecule has 2 aromatic heterocycles. The average Bonchev–Trinajstić information content (AvgIpc) is 3.10. The molecular formula is C12H17N7. The molecule has 1 aliphatic carbocycles. The van der Waals surface area contributed by atoms with E-state index in [4.69, 9.17) is 5.73 Å². The van der Waals surface area contributed by atoms with Crippen LogP contribution < -0.4 is 11.1 Å². The maximum Gasteiger partial charge on any atom is 0.257 e. The average molecular weight is 259 g/mol. The third kappa shape index (κ3) is 2.81. The van der Waals surface area contributed by atoms with Gasteiger partial charge in [0.1, 0.15) is 0 Å². The smallest absolute Gasteiger partial charge is 0.257 e. The first-order chi connectivity index (χ1) is 9.22. The van der Waals surface area contributed by atoms with Crippen molar-refractivity contribution in [3.63, 3.8) is 0 Å². The summed E-state index contributed by atoms with van der Waals surface area (Å²) in [5, 5.41) is 7.31. The maximum absolute atomic E-state index is 5.70. The van der Waals surface area contributed by atoms with Gasteiger partial charge in [-0.15, -0.1) is 0 Å². The van der Waals surface area contributed by atoms with E-state index in [0.717, 1.165) is 12.5 Å². The molecule has 0 saturated heterocycles. The van der Waals surface area contributed by atoms with Crippen molar-refractivity contribution in [3.05, 3.63) is 18.5 Å². The highest BCUT2D eigenvalue weighted by Crippen LogP contribution is 2.36. The summed E-state index contributed by atoms with van der Waals surface area (Å²) in [5.41, 5.74) is 5.70. The molecule has 1 atom stereocenters. The van der Waals surface area contributed by atoms with E-state index >= 15 is 0 Å². The van der Waals surface area contributed by atoms with Crippen LogP contribution in [0.3, 0.4) is 0 Å². The monoisotopic (exact) mass is 259 g/mol. The van der Waals surface area contributed by atoms with Gasteiger partial charge in [-0.2, -0.15) is 20.1 Å². The van der Waals surface area contributed by atoms with Gasteiger partial charge in [0, 0.05) is 18.9 Å². The summed E-state index contributed by atoms with van der Waals surface area (Å²) in [5.74, 6) is 2.61. The van der Waals surface area contributed by atoms with Gasteiger partial charge in [-0.05, 0) is 30.7 Å². The summed E-state index contributed by atoms with van der Waals surface area (Å²) in [6.07, 6.45) is 6.11. The third-order valence-electron chi connectivity index (χ3n) is 3.36. The van der Waals surface area contributed by atoms with Gasteiger partial charge >= 0.3 is 0 Å². The van der Waals surface area contributed by atoms with Crippen LogP contribution in [0.1, 0.15) is 19.8 Å². The molecule has 0 aromatic carbocycles. The lowest BCUT2D eigenvalue weighted by Gasteiger charge is -2.11. The molecule has 3 N–H and O–H groups in total. The molecular weight excluding hydrogens is 242 g/mol. The van der Waals surface area contributed by atoms with Crippen molar-refractivity contribution in [3.8, 4) is 5.95 Å². The van der Waals surface area contributed by atoms with Gasteiger partial charge in [-0.1, -0.05) is 6.92 Å². The molecule has 1 saturated carbocycles. The van der Waals surface area contributed by atoms with E-state index in [9.17, 15) is 0 Å². The highest BCUT2D eigenvalue weighted by Gasteiger charge is 2.27. The van der Waals surface area contributed by atoms with E-state index in [0.29, 0.717) is 17.8 Å². The van der Waals surface area contributed by atoms with Crippen LogP contribution in [0.15, 0.2) is 18.5 Å². The standard InChI is InChI=1S/C12H17N7/c1-8(9-3-4-9)7-14-11-16-10(13)17-12(18-11)19-6-2-5-15-19/h2,5-6,8-9H,3-4,7H2,1H3,(H3,13,14,16,17,18). The van der Waals surface area contributed by atoms with E-state index < -0.39 is 0 Å². The molecule has 19 heavy (non-hydrogen) atoms. The fraction of sp³-hybridized carbons (Fsp3) is 0.500. The number of anilines is 2. The minimum atomic E-state index is 0.196. The van der Waals surface area contributed by atoms with Crippen LogP contribution in [-0.4, -0.2) is 31.3 Å². The van der Waals surface area contributed by atoms with Gasteiger partial charge in [0.15, 0.2) is 0 Å². The fourth-order valence-electron chi connectivity index (χ4n) is 2.03. The summed E-state index contributed by atoms with van der Waals surface area (Å²) in [4.78, 5) is 12.5. The van der Waals surface area contributed by atoms with Crippen LogP contribution in [-0.2, 0) is 0 Å². The molecule has 0 radical (unpaired) electrons. The van der Waals surface area contributed by atoms with Gasteiger partial charge in [0.05, 0.1) is 0 Å². The van der Waals surface area contributed by atoms with Crippen molar-refractivity contribution in [1.29, 1.82) is 0 Å². The summed E-state index contributed by atoms with van der Waals surface area (Å²) in [6.45, 7) is 3.09.